The Balaban J connectivity index is 1.69. The van der Waals surface area contributed by atoms with Crippen molar-refractivity contribution in [3.8, 4) is 0 Å². The van der Waals surface area contributed by atoms with Gasteiger partial charge in [-0.25, -0.2) is 13.2 Å². The maximum Gasteiger partial charge on any atom is 0.317 e. The van der Waals surface area contributed by atoms with E-state index in [-0.39, 0.29) is 35.7 Å². The van der Waals surface area contributed by atoms with Crippen LogP contribution in [0.3, 0.4) is 0 Å². The Labute approximate surface area is 138 Å². The second kappa shape index (κ2) is 6.94. The van der Waals surface area contributed by atoms with E-state index in [1.165, 1.54) is 0 Å². The van der Waals surface area contributed by atoms with Crippen LogP contribution in [0.1, 0.15) is 25.7 Å². The summed E-state index contributed by atoms with van der Waals surface area (Å²) in [4.78, 5) is 16.5. The molecule has 0 aromatic carbocycles. The lowest BCUT2D eigenvalue weighted by Crippen LogP contribution is -2.63. The Morgan fingerprint density at radius 1 is 1.17 bits per heavy atom. The average molecular weight is 345 g/mol. The van der Waals surface area contributed by atoms with Gasteiger partial charge in [-0.2, -0.15) is 0 Å². The SMILES string of the molecule is COCCN1CCN(C(=O)NC2CCCC2)[C@@H]2CS(=O)(=O)C[C@@H]21. The van der Waals surface area contributed by atoms with Gasteiger partial charge in [0.15, 0.2) is 9.84 Å². The van der Waals surface area contributed by atoms with E-state index in [0.29, 0.717) is 26.2 Å². The molecule has 1 N–H and O–H groups in total. The van der Waals surface area contributed by atoms with Crippen LogP contribution >= 0.6 is 0 Å². The zero-order valence-corrected chi connectivity index (χ0v) is 14.6. The number of rotatable bonds is 4. The zero-order valence-electron chi connectivity index (χ0n) is 13.7. The number of ether oxygens (including phenoxy) is 1. The van der Waals surface area contributed by atoms with Crippen LogP contribution in [0.4, 0.5) is 4.79 Å². The molecule has 3 fully saturated rings. The summed E-state index contributed by atoms with van der Waals surface area (Å²) in [6, 6.07) is -0.161. The first-order valence-electron chi connectivity index (χ1n) is 8.51. The number of hydrogen-bond acceptors (Lipinski definition) is 5. The lowest BCUT2D eigenvalue weighted by molar-refractivity contribution is 0.0459. The molecule has 2 saturated heterocycles. The number of fused-ring (bicyclic) bond motifs is 1. The molecule has 2 heterocycles. The minimum absolute atomic E-state index is 0.0826. The number of carbonyl (C=O) groups is 1. The Morgan fingerprint density at radius 2 is 1.87 bits per heavy atom. The van der Waals surface area contributed by atoms with Gasteiger partial charge in [0.1, 0.15) is 0 Å². The molecule has 0 spiro atoms. The van der Waals surface area contributed by atoms with Crippen molar-refractivity contribution in [2.45, 2.75) is 43.8 Å². The van der Waals surface area contributed by atoms with Crippen LogP contribution in [0, 0.1) is 0 Å². The van der Waals surface area contributed by atoms with Crippen molar-refractivity contribution in [1.82, 2.24) is 15.1 Å². The highest BCUT2D eigenvalue weighted by molar-refractivity contribution is 7.91. The van der Waals surface area contributed by atoms with Crippen LogP contribution < -0.4 is 5.32 Å². The number of piperazine rings is 1. The molecule has 23 heavy (non-hydrogen) atoms. The molecule has 0 unspecified atom stereocenters. The summed E-state index contributed by atoms with van der Waals surface area (Å²) in [6.45, 7) is 2.58. The monoisotopic (exact) mass is 345 g/mol. The van der Waals surface area contributed by atoms with Gasteiger partial charge >= 0.3 is 6.03 Å². The summed E-state index contributed by atoms with van der Waals surface area (Å²) in [5.41, 5.74) is 0. The number of amides is 2. The van der Waals surface area contributed by atoms with E-state index in [9.17, 15) is 13.2 Å². The van der Waals surface area contributed by atoms with Crippen molar-refractivity contribution in [2.24, 2.45) is 0 Å². The number of sulfone groups is 1. The number of hydrogen-bond donors (Lipinski definition) is 1. The molecule has 8 heteroatoms. The average Bonchev–Trinajstić information content (AvgIpc) is 3.10. The summed E-state index contributed by atoms with van der Waals surface area (Å²) in [6.07, 6.45) is 4.39. The standard InChI is InChI=1S/C15H27N3O4S/c1-22-9-8-17-6-7-18(14-11-23(20,21)10-13(14)17)15(19)16-12-4-2-3-5-12/h12-14H,2-11H2,1H3,(H,16,19)/t13-,14+/m0/s1. The van der Waals surface area contributed by atoms with Gasteiger partial charge in [-0.3, -0.25) is 4.90 Å². The van der Waals surface area contributed by atoms with Gasteiger partial charge < -0.3 is 15.0 Å². The predicted octanol–water partition coefficient (Wildman–Crippen LogP) is 0.0682. The van der Waals surface area contributed by atoms with Crippen molar-refractivity contribution < 1.29 is 17.9 Å². The smallest absolute Gasteiger partial charge is 0.317 e. The maximum absolute atomic E-state index is 12.6. The van der Waals surface area contributed by atoms with E-state index in [0.717, 1.165) is 25.7 Å². The molecule has 2 atom stereocenters. The molecule has 3 aliphatic rings. The van der Waals surface area contributed by atoms with Gasteiger partial charge in [0, 0.05) is 38.8 Å². The van der Waals surface area contributed by atoms with Crippen molar-refractivity contribution in [1.29, 1.82) is 0 Å². The third-order valence-electron chi connectivity index (χ3n) is 5.32. The van der Waals surface area contributed by atoms with E-state index >= 15 is 0 Å². The summed E-state index contributed by atoms with van der Waals surface area (Å²) in [5, 5.41) is 3.10. The highest BCUT2D eigenvalue weighted by Gasteiger charge is 2.48. The molecule has 0 radical (unpaired) electrons. The molecule has 0 bridgehead atoms. The summed E-state index contributed by atoms with van der Waals surface area (Å²) in [5.74, 6) is 0.230. The fourth-order valence-electron chi connectivity index (χ4n) is 4.09. The first kappa shape index (κ1) is 17.0. The third kappa shape index (κ3) is 3.80. The van der Waals surface area contributed by atoms with Crippen molar-refractivity contribution in [3.05, 3.63) is 0 Å². The van der Waals surface area contributed by atoms with Crippen molar-refractivity contribution in [2.75, 3.05) is 44.9 Å². The largest absolute Gasteiger partial charge is 0.383 e. The first-order valence-corrected chi connectivity index (χ1v) is 10.3. The quantitative estimate of drug-likeness (QED) is 0.780. The fraction of sp³-hybridized carbons (Fsp3) is 0.933. The second-order valence-electron chi connectivity index (χ2n) is 6.86. The number of carbonyl (C=O) groups excluding carboxylic acids is 1. The minimum atomic E-state index is -3.08. The Kier molecular flexibility index (Phi) is 5.13. The Bertz CT molecular complexity index is 533. The van der Waals surface area contributed by atoms with Crippen molar-refractivity contribution in [3.63, 3.8) is 0 Å². The third-order valence-corrected chi connectivity index (χ3v) is 7.02. The van der Waals surface area contributed by atoms with Crippen LogP contribution in [0.2, 0.25) is 0 Å². The van der Waals surface area contributed by atoms with Crippen LogP contribution in [0.25, 0.3) is 0 Å². The molecule has 1 aliphatic carbocycles. The Morgan fingerprint density at radius 3 is 2.57 bits per heavy atom. The molecule has 2 amide bonds. The molecular weight excluding hydrogens is 318 g/mol. The fourth-order valence-corrected chi connectivity index (χ4v) is 6.10. The second-order valence-corrected chi connectivity index (χ2v) is 9.02. The van der Waals surface area contributed by atoms with Gasteiger partial charge in [-0.05, 0) is 12.8 Å². The Hall–Kier alpha value is -0.860. The molecule has 132 valence electrons. The number of nitrogens with zero attached hydrogens (tertiary/aromatic N) is 2. The molecule has 2 aliphatic heterocycles. The van der Waals surface area contributed by atoms with E-state index < -0.39 is 9.84 Å². The summed E-state index contributed by atoms with van der Waals surface area (Å²) >= 11 is 0. The highest BCUT2D eigenvalue weighted by Crippen LogP contribution is 2.27. The lowest BCUT2D eigenvalue weighted by Gasteiger charge is -2.44. The summed E-state index contributed by atoms with van der Waals surface area (Å²) < 4.78 is 29.3. The number of nitrogens with one attached hydrogen (secondary N) is 1. The van der Waals surface area contributed by atoms with Gasteiger partial charge in [-0.15, -0.1) is 0 Å². The van der Waals surface area contributed by atoms with E-state index in [1.807, 2.05) is 0 Å². The highest BCUT2D eigenvalue weighted by atomic mass is 32.2. The summed E-state index contributed by atoms with van der Waals surface area (Å²) in [7, 11) is -1.44. The maximum atomic E-state index is 12.6. The number of methoxy groups -OCH3 is 1. The van der Waals surface area contributed by atoms with E-state index in [2.05, 4.69) is 10.2 Å². The molecule has 3 rings (SSSR count). The molecule has 7 nitrogen and oxygen atoms in total. The zero-order chi connectivity index (χ0) is 16.4. The lowest BCUT2D eigenvalue weighted by atomic mass is 10.1. The van der Waals surface area contributed by atoms with Crippen LogP contribution in [-0.2, 0) is 14.6 Å². The van der Waals surface area contributed by atoms with E-state index in [4.69, 9.17) is 4.74 Å². The molecule has 0 aromatic rings. The molecular formula is C15H27N3O4S. The first-order chi connectivity index (χ1) is 11.0. The van der Waals surface area contributed by atoms with Crippen LogP contribution in [0.5, 0.6) is 0 Å². The van der Waals surface area contributed by atoms with Gasteiger partial charge in [0.25, 0.3) is 0 Å². The van der Waals surface area contributed by atoms with Gasteiger partial charge in [0.05, 0.1) is 24.2 Å². The molecule has 0 aromatic heterocycles. The topological polar surface area (TPSA) is 79.0 Å². The minimum Gasteiger partial charge on any atom is -0.383 e. The predicted molar refractivity (Wildman–Crippen MR) is 87.2 cm³/mol. The van der Waals surface area contributed by atoms with E-state index in [1.54, 1.807) is 12.0 Å². The van der Waals surface area contributed by atoms with Crippen LogP contribution in [-0.4, -0.2) is 87.2 Å². The van der Waals surface area contributed by atoms with Gasteiger partial charge in [0.2, 0.25) is 0 Å². The number of urea groups is 1. The molecule has 1 saturated carbocycles. The van der Waals surface area contributed by atoms with Gasteiger partial charge in [-0.1, -0.05) is 12.8 Å². The van der Waals surface area contributed by atoms with Crippen molar-refractivity contribution >= 4 is 15.9 Å². The normalized spacial score (nSPS) is 31.3. The van der Waals surface area contributed by atoms with Crippen LogP contribution in [0.15, 0.2) is 0 Å².